The zero-order valence-corrected chi connectivity index (χ0v) is 12.3. The second-order valence-corrected chi connectivity index (χ2v) is 4.58. The van der Waals surface area contributed by atoms with Gasteiger partial charge >= 0.3 is 5.97 Å². The average molecular weight is 321 g/mol. The summed E-state index contributed by atoms with van der Waals surface area (Å²) in [5, 5.41) is 22.2. The van der Waals surface area contributed by atoms with Crippen molar-refractivity contribution in [1.82, 2.24) is 5.32 Å². The van der Waals surface area contributed by atoms with Gasteiger partial charge in [-0.2, -0.15) is 0 Å². The number of nitrogens with one attached hydrogen (secondary N) is 1. The van der Waals surface area contributed by atoms with Crippen LogP contribution in [0.1, 0.15) is 6.92 Å². The number of nitrogens with zero attached hydrogens (tertiary/aromatic N) is 2. The van der Waals surface area contributed by atoms with Gasteiger partial charge in [0.25, 0.3) is 5.69 Å². The molecule has 0 aliphatic heterocycles. The molecule has 1 aromatic carbocycles. The summed E-state index contributed by atoms with van der Waals surface area (Å²) in [4.78, 5) is 45.6. The molecule has 0 aliphatic rings. The van der Waals surface area contributed by atoms with E-state index in [0.29, 0.717) is 0 Å². The molecule has 1 rings (SSSR count). The second kappa shape index (κ2) is 7.69. The minimum absolute atomic E-state index is 0.158. The molecule has 0 heterocycles. The van der Waals surface area contributed by atoms with Crippen molar-refractivity contribution in [2.75, 3.05) is 18.0 Å². The maximum absolute atomic E-state index is 12.2. The maximum Gasteiger partial charge on any atom is 0.323 e. The topological polar surface area (TPSA) is 130 Å². The minimum Gasteiger partial charge on any atom is -0.480 e. The highest BCUT2D eigenvalue weighted by Crippen LogP contribution is 2.27. The predicted octanol–water partition coefficient (Wildman–Crippen LogP) is 0.705. The standard InChI is InChI=1S/C14H15N3O6/c1-9(2)14(21)15-7-12(18)16(8-13(19)20)10-5-3-4-6-11(10)17(22)23/h3-6H,1,7-8H2,2H3,(H,15,21)(H,19,20). The Hall–Kier alpha value is -3.23. The van der Waals surface area contributed by atoms with Gasteiger partial charge in [-0.3, -0.25) is 29.4 Å². The average Bonchev–Trinajstić information content (AvgIpc) is 2.49. The molecular formula is C14H15N3O6. The Labute approximate surface area is 131 Å². The van der Waals surface area contributed by atoms with Crippen LogP contribution in [0.25, 0.3) is 0 Å². The van der Waals surface area contributed by atoms with Gasteiger partial charge in [-0.25, -0.2) is 0 Å². The molecule has 9 heteroatoms. The number of carbonyl (C=O) groups is 3. The molecular weight excluding hydrogens is 306 g/mol. The van der Waals surface area contributed by atoms with Crippen molar-refractivity contribution in [2.24, 2.45) is 0 Å². The second-order valence-electron chi connectivity index (χ2n) is 4.58. The van der Waals surface area contributed by atoms with E-state index in [0.717, 1.165) is 11.0 Å². The van der Waals surface area contributed by atoms with E-state index in [1.165, 1.54) is 25.1 Å². The maximum atomic E-state index is 12.2. The normalized spacial score (nSPS) is 9.78. The van der Waals surface area contributed by atoms with Gasteiger partial charge in [-0.05, 0) is 13.0 Å². The van der Waals surface area contributed by atoms with Crippen LogP contribution in [-0.2, 0) is 14.4 Å². The monoisotopic (exact) mass is 321 g/mol. The van der Waals surface area contributed by atoms with E-state index >= 15 is 0 Å². The van der Waals surface area contributed by atoms with Crippen LogP contribution in [0.4, 0.5) is 11.4 Å². The van der Waals surface area contributed by atoms with E-state index in [-0.39, 0.29) is 11.3 Å². The van der Waals surface area contributed by atoms with Crippen LogP contribution in [0.3, 0.4) is 0 Å². The van der Waals surface area contributed by atoms with Crippen molar-refractivity contribution in [3.8, 4) is 0 Å². The first-order chi connectivity index (χ1) is 10.7. The largest absolute Gasteiger partial charge is 0.480 e. The smallest absolute Gasteiger partial charge is 0.323 e. The highest BCUT2D eigenvalue weighted by Gasteiger charge is 2.26. The Morgan fingerprint density at radius 3 is 2.48 bits per heavy atom. The Morgan fingerprint density at radius 1 is 1.35 bits per heavy atom. The molecule has 0 saturated carbocycles. The summed E-state index contributed by atoms with van der Waals surface area (Å²) >= 11 is 0. The van der Waals surface area contributed by atoms with Gasteiger partial charge in [-0.1, -0.05) is 18.7 Å². The van der Waals surface area contributed by atoms with E-state index in [1.54, 1.807) is 0 Å². The summed E-state index contributed by atoms with van der Waals surface area (Å²) in [6.07, 6.45) is 0. The number of carboxylic acids is 1. The summed E-state index contributed by atoms with van der Waals surface area (Å²) in [6, 6.07) is 5.26. The number of carbonyl (C=O) groups excluding carboxylic acids is 2. The Morgan fingerprint density at radius 2 is 1.96 bits per heavy atom. The quantitative estimate of drug-likeness (QED) is 0.432. The molecule has 2 amide bonds. The molecule has 0 aliphatic carbocycles. The lowest BCUT2D eigenvalue weighted by molar-refractivity contribution is -0.384. The number of hydrogen-bond acceptors (Lipinski definition) is 5. The molecule has 1 aromatic rings. The fraction of sp³-hybridized carbons (Fsp3) is 0.214. The zero-order chi connectivity index (χ0) is 17.6. The number of carboxylic acid groups (broad SMARTS) is 1. The first-order valence-electron chi connectivity index (χ1n) is 6.43. The van der Waals surface area contributed by atoms with Crippen molar-refractivity contribution >= 4 is 29.2 Å². The Kier molecular flexibility index (Phi) is 5.95. The van der Waals surface area contributed by atoms with Crippen LogP contribution >= 0.6 is 0 Å². The number of nitro benzene ring substituents is 1. The number of nitro groups is 1. The highest BCUT2D eigenvalue weighted by molar-refractivity contribution is 6.02. The molecule has 0 atom stereocenters. The van der Waals surface area contributed by atoms with Gasteiger partial charge in [0.1, 0.15) is 12.2 Å². The Balaban J connectivity index is 3.08. The van der Waals surface area contributed by atoms with E-state index in [1.807, 2.05) is 0 Å². The van der Waals surface area contributed by atoms with Crippen LogP contribution < -0.4 is 10.2 Å². The van der Waals surface area contributed by atoms with Gasteiger partial charge in [0.2, 0.25) is 11.8 Å². The molecule has 9 nitrogen and oxygen atoms in total. The SMILES string of the molecule is C=C(C)C(=O)NCC(=O)N(CC(=O)O)c1ccccc1[N+](=O)[O-]. The van der Waals surface area contributed by atoms with E-state index in [4.69, 9.17) is 5.11 Å². The molecule has 0 bridgehead atoms. The summed E-state index contributed by atoms with van der Waals surface area (Å²) < 4.78 is 0. The summed E-state index contributed by atoms with van der Waals surface area (Å²) in [5.41, 5.74) is -0.393. The number of aliphatic carboxylic acids is 1. The minimum atomic E-state index is -1.34. The fourth-order valence-corrected chi connectivity index (χ4v) is 1.69. The Bertz CT molecular complexity index is 670. The van der Waals surface area contributed by atoms with Crippen molar-refractivity contribution in [3.63, 3.8) is 0 Å². The molecule has 23 heavy (non-hydrogen) atoms. The van der Waals surface area contributed by atoms with Crippen LogP contribution in [0.15, 0.2) is 36.4 Å². The van der Waals surface area contributed by atoms with Crippen LogP contribution in [-0.4, -0.2) is 40.9 Å². The molecule has 0 saturated heterocycles. The number of hydrogen-bond donors (Lipinski definition) is 2. The molecule has 0 unspecified atom stereocenters. The predicted molar refractivity (Wildman–Crippen MR) is 80.9 cm³/mol. The van der Waals surface area contributed by atoms with E-state index in [2.05, 4.69) is 11.9 Å². The number of amides is 2. The summed E-state index contributed by atoms with van der Waals surface area (Å²) in [5.74, 6) is -2.71. The number of benzene rings is 1. The molecule has 0 fully saturated rings. The highest BCUT2D eigenvalue weighted by atomic mass is 16.6. The fourth-order valence-electron chi connectivity index (χ4n) is 1.69. The third-order valence-electron chi connectivity index (χ3n) is 2.75. The lowest BCUT2D eigenvalue weighted by atomic mass is 10.2. The van der Waals surface area contributed by atoms with Gasteiger partial charge in [0.15, 0.2) is 0 Å². The third kappa shape index (κ3) is 4.92. The van der Waals surface area contributed by atoms with Gasteiger partial charge < -0.3 is 10.4 Å². The van der Waals surface area contributed by atoms with Gasteiger partial charge in [-0.15, -0.1) is 0 Å². The molecule has 0 spiro atoms. The van der Waals surface area contributed by atoms with Gasteiger partial charge in [0, 0.05) is 11.6 Å². The third-order valence-corrected chi connectivity index (χ3v) is 2.75. The number of anilines is 1. The molecule has 0 radical (unpaired) electrons. The van der Waals surface area contributed by atoms with Crippen LogP contribution in [0, 0.1) is 10.1 Å². The molecule has 0 aromatic heterocycles. The summed E-state index contributed by atoms with van der Waals surface area (Å²) in [7, 11) is 0. The zero-order valence-electron chi connectivity index (χ0n) is 12.3. The van der Waals surface area contributed by atoms with Crippen molar-refractivity contribution < 1.29 is 24.4 Å². The number of para-hydroxylation sites is 2. The van der Waals surface area contributed by atoms with Crippen molar-refractivity contribution in [1.29, 1.82) is 0 Å². The van der Waals surface area contributed by atoms with Crippen LogP contribution in [0.5, 0.6) is 0 Å². The lowest BCUT2D eigenvalue weighted by Crippen LogP contribution is -2.43. The molecule has 2 N–H and O–H groups in total. The van der Waals surface area contributed by atoms with Crippen molar-refractivity contribution in [2.45, 2.75) is 6.92 Å². The van der Waals surface area contributed by atoms with Crippen LogP contribution in [0.2, 0.25) is 0 Å². The summed E-state index contributed by atoms with van der Waals surface area (Å²) in [6.45, 7) is 3.56. The number of rotatable bonds is 7. The first-order valence-corrected chi connectivity index (χ1v) is 6.43. The lowest BCUT2D eigenvalue weighted by Gasteiger charge is -2.20. The molecule has 122 valence electrons. The van der Waals surface area contributed by atoms with E-state index < -0.39 is 41.5 Å². The van der Waals surface area contributed by atoms with Crippen molar-refractivity contribution in [3.05, 3.63) is 46.5 Å². The van der Waals surface area contributed by atoms with E-state index in [9.17, 15) is 24.5 Å². The van der Waals surface area contributed by atoms with Gasteiger partial charge in [0.05, 0.1) is 11.5 Å². The first kappa shape index (κ1) is 17.8.